The van der Waals surface area contributed by atoms with Crippen molar-refractivity contribution in [2.75, 3.05) is 25.0 Å². The van der Waals surface area contributed by atoms with E-state index in [0.29, 0.717) is 0 Å². The summed E-state index contributed by atoms with van der Waals surface area (Å²) < 4.78 is 43.9. The van der Waals surface area contributed by atoms with Crippen LogP contribution in [0.25, 0.3) is 0 Å². The Morgan fingerprint density at radius 3 is 2.73 bits per heavy atom. The van der Waals surface area contributed by atoms with E-state index in [1.165, 1.54) is 0 Å². The Morgan fingerprint density at radius 2 is 2.08 bits per heavy atom. The zero-order chi connectivity index (χ0) is 18.9. The average molecular weight is 369 g/mol. The molecule has 2 aromatic heterocycles. The van der Waals surface area contributed by atoms with Crippen molar-refractivity contribution in [3.8, 4) is 0 Å². The predicted molar refractivity (Wildman–Crippen MR) is 89.7 cm³/mol. The number of hydrogen-bond donors (Lipinski definition) is 0. The zero-order valence-electron chi connectivity index (χ0n) is 15.0. The Morgan fingerprint density at radius 1 is 1.31 bits per heavy atom. The number of aryl methyl sites for hydroxylation is 2. The minimum Gasteiger partial charge on any atom is -0.361 e. The smallest absolute Gasteiger partial charge is 0.361 e. The van der Waals surface area contributed by atoms with Crippen LogP contribution < -0.4 is 4.90 Å². The Hall–Kier alpha value is -2.16. The lowest BCUT2D eigenvalue weighted by Gasteiger charge is -2.38. The van der Waals surface area contributed by atoms with Gasteiger partial charge in [-0.25, -0.2) is 9.97 Å². The van der Waals surface area contributed by atoms with Gasteiger partial charge in [0.15, 0.2) is 0 Å². The van der Waals surface area contributed by atoms with Crippen molar-refractivity contribution in [3.05, 3.63) is 35.1 Å². The summed E-state index contributed by atoms with van der Waals surface area (Å²) in [6.07, 6.45) is -1.63. The quantitative estimate of drug-likeness (QED) is 0.825. The number of piperidine rings is 1. The van der Waals surface area contributed by atoms with E-state index in [4.69, 9.17) is 4.52 Å². The lowest BCUT2D eigenvalue weighted by molar-refractivity contribution is -0.141. The maximum atomic E-state index is 12.9. The van der Waals surface area contributed by atoms with Gasteiger partial charge in [0.2, 0.25) is 0 Å². The summed E-state index contributed by atoms with van der Waals surface area (Å²) in [7, 11) is 1.78. The summed E-state index contributed by atoms with van der Waals surface area (Å²) >= 11 is 0. The molecule has 1 aliphatic rings. The standard InChI is InChI=1S/C17H22F3N5O/c1-11-14(12(2)26-23-11)9-25-6-4-5-13(8-25)24(3)16-7-15(17(18,19)20)21-10-22-16/h7,10,13H,4-6,8-9H2,1-3H3. The lowest BCUT2D eigenvalue weighted by atomic mass is 10.0. The summed E-state index contributed by atoms with van der Waals surface area (Å²) in [6.45, 7) is 6.21. The molecule has 0 aromatic carbocycles. The van der Waals surface area contributed by atoms with Crippen LogP contribution in [-0.2, 0) is 12.7 Å². The second-order valence-electron chi connectivity index (χ2n) is 6.70. The van der Waals surface area contributed by atoms with Crippen molar-refractivity contribution in [2.24, 2.45) is 0 Å². The number of nitrogens with zero attached hydrogens (tertiary/aromatic N) is 5. The van der Waals surface area contributed by atoms with Crippen LogP contribution in [0.3, 0.4) is 0 Å². The van der Waals surface area contributed by atoms with Crippen LogP contribution in [0.4, 0.5) is 19.0 Å². The minimum absolute atomic E-state index is 0.0835. The van der Waals surface area contributed by atoms with Gasteiger partial charge in [0.05, 0.1) is 5.69 Å². The summed E-state index contributed by atoms with van der Waals surface area (Å²) in [5, 5.41) is 3.98. The van der Waals surface area contributed by atoms with E-state index in [1.807, 2.05) is 18.7 Å². The van der Waals surface area contributed by atoms with Gasteiger partial charge in [0, 0.05) is 37.8 Å². The molecule has 142 valence electrons. The van der Waals surface area contributed by atoms with E-state index in [9.17, 15) is 13.2 Å². The van der Waals surface area contributed by atoms with Crippen LogP contribution >= 0.6 is 0 Å². The third-order valence-corrected chi connectivity index (χ3v) is 4.90. The van der Waals surface area contributed by atoms with Crippen LogP contribution in [-0.4, -0.2) is 46.2 Å². The molecule has 1 unspecified atom stereocenters. The normalized spacial score (nSPS) is 18.9. The Kier molecular flexibility index (Phi) is 5.17. The van der Waals surface area contributed by atoms with E-state index < -0.39 is 11.9 Å². The van der Waals surface area contributed by atoms with Crippen LogP contribution in [0.1, 0.15) is 35.6 Å². The molecule has 0 bridgehead atoms. The van der Waals surface area contributed by atoms with Crippen LogP contribution in [0, 0.1) is 13.8 Å². The summed E-state index contributed by atoms with van der Waals surface area (Å²) in [5.74, 6) is 1.10. The fourth-order valence-electron chi connectivity index (χ4n) is 3.32. The number of anilines is 1. The molecule has 1 atom stereocenters. The van der Waals surface area contributed by atoms with Gasteiger partial charge in [-0.2, -0.15) is 13.2 Å². The summed E-state index contributed by atoms with van der Waals surface area (Å²) in [5.41, 5.74) is 1.04. The largest absolute Gasteiger partial charge is 0.433 e. The molecule has 9 heteroatoms. The number of likely N-dealkylation sites (tertiary alicyclic amines) is 1. The van der Waals surface area contributed by atoms with Crippen molar-refractivity contribution < 1.29 is 17.7 Å². The molecule has 3 rings (SSSR count). The number of alkyl halides is 3. The number of hydrogen-bond acceptors (Lipinski definition) is 6. The Bertz CT molecular complexity index is 742. The van der Waals surface area contributed by atoms with Gasteiger partial charge in [-0.3, -0.25) is 4.90 Å². The topological polar surface area (TPSA) is 58.3 Å². The number of likely N-dealkylation sites (N-methyl/N-ethyl adjacent to an activating group) is 1. The number of aromatic nitrogens is 3. The summed E-state index contributed by atoms with van der Waals surface area (Å²) in [6, 6.07) is 1.09. The molecule has 2 aromatic rings. The van der Waals surface area contributed by atoms with Gasteiger partial charge in [0.1, 0.15) is 23.6 Å². The first kappa shape index (κ1) is 18.6. The predicted octanol–water partition coefficient (Wildman–Crippen LogP) is 3.20. The van der Waals surface area contributed by atoms with Crippen LogP contribution in [0.5, 0.6) is 0 Å². The first-order chi connectivity index (χ1) is 12.3. The van der Waals surface area contributed by atoms with Crippen molar-refractivity contribution in [3.63, 3.8) is 0 Å². The summed E-state index contributed by atoms with van der Waals surface area (Å²) in [4.78, 5) is 11.5. The molecular weight excluding hydrogens is 347 g/mol. The highest BCUT2D eigenvalue weighted by Gasteiger charge is 2.34. The molecule has 1 fully saturated rings. The van der Waals surface area contributed by atoms with E-state index in [1.54, 1.807) is 7.05 Å². The first-order valence-electron chi connectivity index (χ1n) is 8.52. The first-order valence-corrected chi connectivity index (χ1v) is 8.52. The van der Waals surface area contributed by atoms with Gasteiger partial charge >= 0.3 is 6.18 Å². The molecule has 3 heterocycles. The SMILES string of the molecule is Cc1noc(C)c1CN1CCCC(N(C)c2cc(C(F)(F)F)ncn2)C1. The van der Waals surface area contributed by atoms with Crippen molar-refractivity contribution in [1.29, 1.82) is 0 Å². The van der Waals surface area contributed by atoms with Gasteiger partial charge < -0.3 is 9.42 Å². The molecule has 0 spiro atoms. The molecule has 1 aliphatic heterocycles. The van der Waals surface area contributed by atoms with E-state index >= 15 is 0 Å². The van der Waals surface area contributed by atoms with E-state index in [2.05, 4.69) is 20.0 Å². The maximum Gasteiger partial charge on any atom is 0.433 e. The fourth-order valence-corrected chi connectivity index (χ4v) is 3.32. The van der Waals surface area contributed by atoms with E-state index in [-0.39, 0.29) is 11.9 Å². The maximum absolute atomic E-state index is 12.9. The zero-order valence-corrected chi connectivity index (χ0v) is 15.0. The van der Waals surface area contributed by atoms with Gasteiger partial charge in [-0.15, -0.1) is 0 Å². The van der Waals surface area contributed by atoms with Gasteiger partial charge in [0.25, 0.3) is 0 Å². The molecule has 0 aliphatic carbocycles. The highest BCUT2D eigenvalue weighted by atomic mass is 19.4. The highest BCUT2D eigenvalue weighted by Crippen LogP contribution is 2.30. The molecule has 1 saturated heterocycles. The van der Waals surface area contributed by atoms with Gasteiger partial charge in [-0.1, -0.05) is 5.16 Å². The molecule has 6 nitrogen and oxygen atoms in total. The van der Waals surface area contributed by atoms with Crippen LogP contribution in [0.2, 0.25) is 0 Å². The molecule has 0 radical (unpaired) electrons. The second-order valence-corrected chi connectivity index (χ2v) is 6.70. The van der Waals surface area contributed by atoms with Crippen LogP contribution in [0.15, 0.2) is 16.9 Å². The molecule has 0 N–H and O–H groups in total. The number of halogens is 3. The van der Waals surface area contributed by atoms with Crippen molar-refractivity contribution in [1.82, 2.24) is 20.0 Å². The lowest BCUT2D eigenvalue weighted by Crippen LogP contribution is -2.46. The number of rotatable bonds is 4. The van der Waals surface area contributed by atoms with Crippen molar-refractivity contribution in [2.45, 2.75) is 45.5 Å². The van der Waals surface area contributed by atoms with E-state index in [0.717, 1.165) is 61.9 Å². The average Bonchev–Trinajstić information content (AvgIpc) is 2.93. The highest BCUT2D eigenvalue weighted by molar-refractivity contribution is 5.40. The monoisotopic (exact) mass is 369 g/mol. The third-order valence-electron chi connectivity index (χ3n) is 4.90. The second kappa shape index (κ2) is 7.22. The third kappa shape index (κ3) is 3.98. The molecule has 0 amide bonds. The fraction of sp³-hybridized carbons (Fsp3) is 0.588. The molecule has 26 heavy (non-hydrogen) atoms. The Balaban J connectivity index is 1.71. The minimum atomic E-state index is -4.47. The molecule has 0 saturated carbocycles. The van der Waals surface area contributed by atoms with Gasteiger partial charge in [-0.05, 0) is 33.2 Å². The van der Waals surface area contributed by atoms with Crippen molar-refractivity contribution >= 4 is 5.82 Å². The Labute approximate surface area is 150 Å². The molecular formula is C17H22F3N5O.